The maximum atomic E-state index is 12.0. The Kier molecular flexibility index (Phi) is 5.48. The molecule has 0 aliphatic carbocycles. The third kappa shape index (κ3) is 4.68. The third-order valence-corrected chi connectivity index (χ3v) is 4.15. The first-order chi connectivity index (χ1) is 12.1. The van der Waals surface area contributed by atoms with Gasteiger partial charge in [0.1, 0.15) is 5.69 Å². The number of anilines is 3. The number of amides is 1. The SMILES string of the molecule is CC(C)NC(=O)c1ccnc(Nc2ccc(N3CCCCC3)cc2)n1. The number of benzene rings is 1. The Morgan fingerprint density at radius 2 is 1.80 bits per heavy atom. The first-order valence-electron chi connectivity index (χ1n) is 8.88. The second-order valence-electron chi connectivity index (χ2n) is 6.61. The number of hydrogen-bond acceptors (Lipinski definition) is 5. The summed E-state index contributed by atoms with van der Waals surface area (Å²) in [6, 6.07) is 9.96. The van der Waals surface area contributed by atoms with Gasteiger partial charge in [0.15, 0.2) is 0 Å². The molecule has 1 aromatic carbocycles. The van der Waals surface area contributed by atoms with E-state index in [1.807, 2.05) is 26.0 Å². The van der Waals surface area contributed by atoms with Crippen molar-refractivity contribution in [3.63, 3.8) is 0 Å². The summed E-state index contributed by atoms with van der Waals surface area (Å²) in [4.78, 5) is 22.9. The van der Waals surface area contributed by atoms with Crippen LogP contribution in [0.2, 0.25) is 0 Å². The molecule has 1 aliphatic heterocycles. The van der Waals surface area contributed by atoms with Crippen LogP contribution in [-0.2, 0) is 0 Å². The Morgan fingerprint density at radius 3 is 2.48 bits per heavy atom. The molecule has 0 atom stereocenters. The fourth-order valence-electron chi connectivity index (χ4n) is 2.92. The van der Waals surface area contributed by atoms with E-state index in [4.69, 9.17) is 0 Å². The molecule has 1 aromatic heterocycles. The normalized spacial score (nSPS) is 14.4. The Labute approximate surface area is 148 Å². The fraction of sp³-hybridized carbons (Fsp3) is 0.421. The molecule has 25 heavy (non-hydrogen) atoms. The van der Waals surface area contributed by atoms with Crippen molar-refractivity contribution in [3.05, 3.63) is 42.2 Å². The number of carbonyl (C=O) groups is 1. The van der Waals surface area contributed by atoms with Crippen LogP contribution in [-0.4, -0.2) is 35.0 Å². The Balaban J connectivity index is 1.66. The van der Waals surface area contributed by atoms with Crippen molar-refractivity contribution >= 4 is 23.2 Å². The van der Waals surface area contributed by atoms with Gasteiger partial charge in [-0.2, -0.15) is 0 Å². The van der Waals surface area contributed by atoms with Crippen molar-refractivity contribution in [2.24, 2.45) is 0 Å². The summed E-state index contributed by atoms with van der Waals surface area (Å²) in [6.07, 6.45) is 5.44. The molecule has 0 bridgehead atoms. The molecule has 1 saturated heterocycles. The minimum atomic E-state index is -0.194. The number of nitrogens with zero attached hydrogens (tertiary/aromatic N) is 3. The number of nitrogens with one attached hydrogen (secondary N) is 2. The first kappa shape index (κ1) is 17.2. The molecule has 0 radical (unpaired) electrons. The highest BCUT2D eigenvalue weighted by Crippen LogP contribution is 2.22. The number of rotatable bonds is 5. The van der Waals surface area contributed by atoms with Crippen molar-refractivity contribution in [3.8, 4) is 0 Å². The van der Waals surface area contributed by atoms with Crippen LogP contribution in [0.5, 0.6) is 0 Å². The van der Waals surface area contributed by atoms with Crippen molar-refractivity contribution in [1.82, 2.24) is 15.3 Å². The van der Waals surface area contributed by atoms with Crippen LogP contribution in [0.15, 0.2) is 36.5 Å². The quantitative estimate of drug-likeness (QED) is 0.874. The molecule has 0 saturated carbocycles. The van der Waals surface area contributed by atoms with Gasteiger partial charge in [-0.3, -0.25) is 4.79 Å². The van der Waals surface area contributed by atoms with Crippen molar-refractivity contribution in [1.29, 1.82) is 0 Å². The number of aromatic nitrogens is 2. The molecule has 1 fully saturated rings. The number of piperidine rings is 1. The molecule has 3 rings (SSSR count). The first-order valence-corrected chi connectivity index (χ1v) is 8.88. The smallest absolute Gasteiger partial charge is 0.270 e. The predicted octanol–water partition coefficient (Wildman–Crippen LogP) is 3.35. The predicted molar refractivity (Wildman–Crippen MR) is 100 cm³/mol. The van der Waals surface area contributed by atoms with E-state index in [9.17, 15) is 4.79 Å². The standard InChI is InChI=1S/C19H25N5O/c1-14(2)21-18(25)17-10-11-20-19(23-17)22-15-6-8-16(9-7-15)24-12-4-3-5-13-24/h6-11,14H,3-5,12-13H2,1-2H3,(H,21,25)(H,20,22,23). The van der Waals surface area contributed by atoms with Crippen LogP contribution in [0.25, 0.3) is 0 Å². The van der Waals surface area contributed by atoms with E-state index in [0.717, 1.165) is 18.8 Å². The second-order valence-corrected chi connectivity index (χ2v) is 6.61. The zero-order valence-corrected chi connectivity index (χ0v) is 14.8. The summed E-state index contributed by atoms with van der Waals surface area (Å²) < 4.78 is 0. The molecule has 1 amide bonds. The number of carbonyl (C=O) groups excluding carboxylic acids is 1. The lowest BCUT2D eigenvalue weighted by molar-refractivity contribution is 0.0938. The average molecular weight is 339 g/mol. The van der Waals surface area contributed by atoms with Crippen LogP contribution in [0.3, 0.4) is 0 Å². The summed E-state index contributed by atoms with van der Waals surface area (Å²) in [5, 5.41) is 5.99. The van der Waals surface area contributed by atoms with Crippen LogP contribution in [0.1, 0.15) is 43.6 Å². The molecule has 0 unspecified atom stereocenters. The highest BCUT2D eigenvalue weighted by molar-refractivity contribution is 5.92. The molecule has 2 heterocycles. The molecule has 6 nitrogen and oxygen atoms in total. The largest absolute Gasteiger partial charge is 0.372 e. The zero-order chi connectivity index (χ0) is 17.6. The van der Waals surface area contributed by atoms with Crippen molar-refractivity contribution in [2.75, 3.05) is 23.3 Å². The van der Waals surface area contributed by atoms with Gasteiger partial charge in [-0.15, -0.1) is 0 Å². The lowest BCUT2D eigenvalue weighted by Crippen LogP contribution is -2.30. The lowest BCUT2D eigenvalue weighted by atomic mass is 10.1. The summed E-state index contributed by atoms with van der Waals surface area (Å²) in [5.41, 5.74) is 2.51. The van der Waals surface area contributed by atoms with Crippen LogP contribution in [0, 0.1) is 0 Å². The van der Waals surface area contributed by atoms with Crippen molar-refractivity contribution in [2.45, 2.75) is 39.2 Å². The van der Waals surface area contributed by atoms with E-state index in [1.165, 1.54) is 24.9 Å². The summed E-state index contributed by atoms with van der Waals surface area (Å²) in [6.45, 7) is 6.09. The molecule has 2 N–H and O–H groups in total. The van der Waals surface area contributed by atoms with Crippen LogP contribution >= 0.6 is 0 Å². The van der Waals surface area contributed by atoms with E-state index in [-0.39, 0.29) is 11.9 Å². The van der Waals surface area contributed by atoms with E-state index in [0.29, 0.717) is 11.6 Å². The van der Waals surface area contributed by atoms with Gasteiger partial charge >= 0.3 is 0 Å². The van der Waals surface area contributed by atoms with Gasteiger partial charge in [-0.25, -0.2) is 9.97 Å². The van der Waals surface area contributed by atoms with Crippen molar-refractivity contribution < 1.29 is 4.79 Å². The minimum Gasteiger partial charge on any atom is -0.372 e. The minimum absolute atomic E-state index is 0.0706. The van der Waals surface area contributed by atoms with Crippen LogP contribution in [0.4, 0.5) is 17.3 Å². The topological polar surface area (TPSA) is 70.2 Å². The Bertz CT molecular complexity index is 708. The summed E-state index contributed by atoms with van der Waals surface area (Å²) in [7, 11) is 0. The van der Waals surface area contributed by atoms with Gasteiger partial charge in [0.05, 0.1) is 0 Å². The average Bonchev–Trinajstić information content (AvgIpc) is 2.63. The van der Waals surface area contributed by atoms with Gasteiger partial charge in [0.2, 0.25) is 5.95 Å². The van der Waals surface area contributed by atoms with Gasteiger partial charge in [-0.05, 0) is 63.4 Å². The van der Waals surface area contributed by atoms with E-state index < -0.39 is 0 Å². The van der Waals surface area contributed by atoms with Gasteiger partial charge in [0, 0.05) is 36.7 Å². The fourth-order valence-corrected chi connectivity index (χ4v) is 2.92. The zero-order valence-electron chi connectivity index (χ0n) is 14.8. The monoisotopic (exact) mass is 339 g/mol. The van der Waals surface area contributed by atoms with Crippen LogP contribution < -0.4 is 15.5 Å². The molecule has 1 aliphatic rings. The van der Waals surface area contributed by atoms with Gasteiger partial charge in [-0.1, -0.05) is 0 Å². The van der Waals surface area contributed by atoms with Gasteiger partial charge in [0.25, 0.3) is 5.91 Å². The third-order valence-electron chi connectivity index (χ3n) is 4.15. The Hall–Kier alpha value is -2.63. The molecular formula is C19H25N5O. The lowest BCUT2D eigenvalue weighted by Gasteiger charge is -2.28. The molecule has 0 spiro atoms. The van der Waals surface area contributed by atoms with Gasteiger partial charge < -0.3 is 15.5 Å². The molecule has 2 aromatic rings. The highest BCUT2D eigenvalue weighted by Gasteiger charge is 2.12. The van der Waals surface area contributed by atoms with E-state index in [2.05, 4.69) is 37.6 Å². The second kappa shape index (κ2) is 7.96. The maximum Gasteiger partial charge on any atom is 0.270 e. The number of hydrogen-bond donors (Lipinski definition) is 2. The van der Waals surface area contributed by atoms with E-state index in [1.54, 1.807) is 12.3 Å². The highest BCUT2D eigenvalue weighted by atomic mass is 16.1. The summed E-state index contributed by atoms with van der Waals surface area (Å²) in [5.74, 6) is 0.225. The molecule has 6 heteroatoms. The maximum absolute atomic E-state index is 12.0. The molecule has 132 valence electrons. The Morgan fingerprint density at radius 1 is 1.08 bits per heavy atom. The summed E-state index contributed by atoms with van der Waals surface area (Å²) >= 11 is 0. The van der Waals surface area contributed by atoms with E-state index >= 15 is 0 Å². The molecular weight excluding hydrogens is 314 g/mol.